The van der Waals surface area contributed by atoms with Crippen LogP contribution in [0.1, 0.15) is 29.3 Å². The number of pyridine rings is 1. The summed E-state index contributed by atoms with van der Waals surface area (Å²) < 4.78 is 14.0. The molecule has 2 aromatic rings. The average molecular weight is 512 g/mol. The molecule has 1 aromatic heterocycles. The van der Waals surface area contributed by atoms with E-state index < -0.39 is 5.91 Å². The van der Waals surface area contributed by atoms with Gasteiger partial charge >= 0.3 is 0 Å². The summed E-state index contributed by atoms with van der Waals surface area (Å²) in [5.41, 5.74) is 6.70. The van der Waals surface area contributed by atoms with Gasteiger partial charge in [-0.2, -0.15) is 0 Å². The van der Waals surface area contributed by atoms with Crippen LogP contribution in [0.3, 0.4) is 0 Å². The summed E-state index contributed by atoms with van der Waals surface area (Å²) >= 11 is 0. The molecule has 0 radical (unpaired) electrons. The predicted molar refractivity (Wildman–Crippen MR) is 123 cm³/mol. The Morgan fingerprint density at radius 3 is 2.93 bits per heavy atom. The first kappa shape index (κ1) is 22.9. The Morgan fingerprint density at radius 1 is 1.38 bits per heavy atom. The van der Waals surface area contributed by atoms with Gasteiger partial charge < -0.3 is 21.3 Å². The van der Waals surface area contributed by atoms with Gasteiger partial charge in [-0.1, -0.05) is 12.1 Å². The number of carbonyl (C=O) groups is 1. The van der Waals surface area contributed by atoms with Crippen molar-refractivity contribution in [2.24, 2.45) is 10.7 Å². The maximum Gasteiger partial charge on any atom is 0.248 e. The summed E-state index contributed by atoms with van der Waals surface area (Å²) in [7, 11) is 0. The van der Waals surface area contributed by atoms with Gasteiger partial charge in [0.1, 0.15) is 0 Å². The van der Waals surface area contributed by atoms with Gasteiger partial charge in [0.15, 0.2) is 17.6 Å². The van der Waals surface area contributed by atoms with Crippen molar-refractivity contribution in [3.05, 3.63) is 59.5 Å². The molecule has 0 bridgehead atoms. The molecule has 156 valence electrons. The number of hydrogen-bond acceptors (Lipinski definition) is 4. The molecule has 3 rings (SSSR count). The minimum absolute atomic E-state index is 0. The fourth-order valence-corrected chi connectivity index (χ4v) is 3.19. The normalized spacial score (nSPS) is 16.3. The molecular formula is C20H26FIN6O. The number of hydrogen-bond donors (Lipinski definition) is 3. The molecule has 0 spiro atoms. The van der Waals surface area contributed by atoms with Gasteiger partial charge in [0.25, 0.3) is 0 Å². The topological polar surface area (TPSA) is 95.6 Å². The summed E-state index contributed by atoms with van der Waals surface area (Å²) in [6, 6.07) is 10.3. The Bertz CT molecular complexity index is 862. The van der Waals surface area contributed by atoms with Crippen LogP contribution in [-0.4, -0.2) is 42.5 Å². The molecule has 29 heavy (non-hydrogen) atoms. The predicted octanol–water partition coefficient (Wildman–Crippen LogP) is 2.27. The molecule has 1 fully saturated rings. The molecule has 2 heterocycles. The number of rotatable bonds is 6. The van der Waals surface area contributed by atoms with E-state index in [4.69, 9.17) is 5.73 Å². The highest BCUT2D eigenvalue weighted by molar-refractivity contribution is 14.0. The van der Waals surface area contributed by atoms with Crippen LogP contribution in [0.2, 0.25) is 0 Å². The van der Waals surface area contributed by atoms with Crippen LogP contribution < -0.4 is 21.3 Å². The fraction of sp³-hybridized carbons (Fsp3) is 0.350. The number of halogens is 2. The van der Waals surface area contributed by atoms with Gasteiger partial charge in [-0.05, 0) is 43.2 Å². The maximum absolute atomic E-state index is 14.0. The number of aliphatic imine (C=N–C) groups is 1. The molecule has 4 N–H and O–H groups in total. The van der Waals surface area contributed by atoms with E-state index in [1.165, 1.54) is 6.07 Å². The lowest BCUT2D eigenvalue weighted by molar-refractivity contribution is 0.1000. The van der Waals surface area contributed by atoms with E-state index in [1.807, 2.05) is 17.9 Å². The van der Waals surface area contributed by atoms with Crippen molar-refractivity contribution >= 4 is 41.7 Å². The number of amides is 1. The van der Waals surface area contributed by atoms with Crippen LogP contribution in [0.5, 0.6) is 0 Å². The van der Waals surface area contributed by atoms with Gasteiger partial charge in [-0.15, -0.1) is 24.0 Å². The van der Waals surface area contributed by atoms with Crippen LogP contribution in [-0.2, 0) is 6.54 Å². The highest BCUT2D eigenvalue weighted by Crippen LogP contribution is 2.20. The second-order valence-electron chi connectivity index (χ2n) is 6.64. The van der Waals surface area contributed by atoms with E-state index in [2.05, 4.69) is 20.6 Å². The Hall–Kier alpha value is -2.43. The van der Waals surface area contributed by atoms with Crippen LogP contribution in [0.15, 0.2) is 47.6 Å². The van der Waals surface area contributed by atoms with E-state index >= 15 is 0 Å². The lowest BCUT2D eigenvalue weighted by atomic mass is 10.1. The van der Waals surface area contributed by atoms with Gasteiger partial charge in [-0.3, -0.25) is 4.79 Å². The molecule has 1 aliphatic heterocycles. The summed E-state index contributed by atoms with van der Waals surface area (Å²) in [5.74, 6) is 0.305. The third-order valence-electron chi connectivity index (χ3n) is 4.54. The minimum Gasteiger partial charge on any atom is -0.366 e. The second kappa shape index (κ2) is 10.9. The van der Waals surface area contributed by atoms with Crippen molar-refractivity contribution in [1.82, 2.24) is 15.6 Å². The zero-order valence-corrected chi connectivity index (χ0v) is 18.6. The number of nitrogens with one attached hydrogen (secondary N) is 2. The van der Waals surface area contributed by atoms with E-state index in [9.17, 15) is 9.18 Å². The number of benzene rings is 1. The lowest BCUT2D eigenvalue weighted by Gasteiger charge is -2.20. The summed E-state index contributed by atoms with van der Waals surface area (Å²) in [4.78, 5) is 22.0. The molecule has 1 atom stereocenters. The molecule has 7 nitrogen and oxygen atoms in total. The third kappa shape index (κ3) is 6.28. The Balaban J connectivity index is 0.00000300. The maximum atomic E-state index is 14.0. The van der Waals surface area contributed by atoms with E-state index in [-0.39, 0.29) is 35.8 Å². The largest absolute Gasteiger partial charge is 0.366 e. The monoisotopic (exact) mass is 512 g/mol. The number of nitrogens with zero attached hydrogens (tertiary/aromatic N) is 3. The molecule has 1 aromatic carbocycles. The van der Waals surface area contributed by atoms with Gasteiger partial charge in [0.05, 0.1) is 6.54 Å². The van der Waals surface area contributed by atoms with Crippen molar-refractivity contribution in [3.8, 4) is 0 Å². The zero-order chi connectivity index (χ0) is 19.9. The number of aromatic nitrogens is 1. The second-order valence-corrected chi connectivity index (χ2v) is 6.64. The van der Waals surface area contributed by atoms with Gasteiger partial charge in [0.2, 0.25) is 5.91 Å². The fourth-order valence-electron chi connectivity index (χ4n) is 3.19. The summed E-state index contributed by atoms with van der Waals surface area (Å²) in [6.07, 6.45) is 2.46. The minimum atomic E-state index is -0.455. The van der Waals surface area contributed by atoms with Crippen LogP contribution in [0, 0.1) is 5.82 Å². The third-order valence-corrected chi connectivity index (χ3v) is 4.54. The highest BCUT2D eigenvalue weighted by Gasteiger charge is 2.25. The highest BCUT2D eigenvalue weighted by atomic mass is 127. The van der Waals surface area contributed by atoms with Crippen LogP contribution in [0.25, 0.3) is 0 Å². The number of nitrogens with two attached hydrogens (primary N) is 1. The van der Waals surface area contributed by atoms with Gasteiger partial charge in [0, 0.05) is 37.4 Å². The molecule has 1 aliphatic rings. The van der Waals surface area contributed by atoms with Gasteiger partial charge in [-0.25, -0.2) is 14.4 Å². The standard InChI is InChI=1S/C20H25FN6O.HI/c1-2-23-20(25-12-14-5-3-6-15(11-14)18(22)28)26-16-8-10-27(13-16)19-17(21)7-4-9-24-19;/h3-7,9,11,16H,2,8,10,12-13H2,1H3,(H2,22,28)(H2,23,25,26);1H. The Kier molecular flexibility index (Phi) is 8.62. The number of anilines is 1. The molecule has 1 saturated heterocycles. The first-order chi connectivity index (χ1) is 13.6. The number of primary amides is 1. The molecule has 1 amide bonds. The molecule has 1 unspecified atom stereocenters. The van der Waals surface area contributed by atoms with Crippen molar-refractivity contribution in [1.29, 1.82) is 0 Å². The van der Waals surface area contributed by atoms with E-state index in [1.54, 1.807) is 30.5 Å². The summed E-state index contributed by atoms with van der Waals surface area (Å²) in [5, 5.41) is 6.62. The van der Waals surface area contributed by atoms with Crippen molar-refractivity contribution in [2.75, 3.05) is 24.5 Å². The van der Waals surface area contributed by atoms with E-state index in [0.29, 0.717) is 30.4 Å². The van der Waals surface area contributed by atoms with Crippen molar-refractivity contribution in [3.63, 3.8) is 0 Å². The Labute approximate surface area is 187 Å². The first-order valence-electron chi connectivity index (χ1n) is 9.36. The molecule has 0 saturated carbocycles. The van der Waals surface area contributed by atoms with Crippen LogP contribution in [0.4, 0.5) is 10.2 Å². The molecule has 0 aliphatic carbocycles. The smallest absolute Gasteiger partial charge is 0.248 e. The van der Waals surface area contributed by atoms with Crippen LogP contribution >= 0.6 is 24.0 Å². The number of guanidine groups is 1. The van der Waals surface area contributed by atoms with Crippen molar-refractivity contribution < 1.29 is 9.18 Å². The SMILES string of the molecule is CCNC(=NCc1cccc(C(N)=O)c1)NC1CCN(c2ncccc2F)C1.I. The van der Waals surface area contributed by atoms with E-state index in [0.717, 1.165) is 25.1 Å². The number of carbonyl (C=O) groups excluding carboxylic acids is 1. The molecular weight excluding hydrogens is 486 g/mol. The van der Waals surface area contributed by atoms with Crippen molar-refractivity contribution in [2.45, 2.75) is 25.9 Å². The zero-order valence-electron chi connectivity index (χ0n) is 16.3. The Morgan fingerprint density at radius 2 is 2.21 bits per heavy atom. The average Bonchev–Trinajstić information content (AvgIpc) is 3.15. The molecule has 9 heteroatoms. The first-order valence-corrected chi connectivity index (χ1v) is 9.36. The summed E-state index contributed by atoms with van der Waals surface area (Å²) in [6.45, 7) is 4.51. The quantitative estimate of drug-likeness (QED) is 0.314. The lowest BCUT2D eigenvalue weighted by Crippen LogP contribution is -2.44.